The van der Waals surface area contributed by atoms with Crippen LogP contribution in [0.2, 0.25) is 0 Å². The van der Waals surface area contributed by atoms with Gasteiger partial charge in [0.15, 0.2) is 0 Å². The molecule has 0 atom stereocenters. The van der Waals surface area contributed by atoms with E-state index in [2.05, 4.69) is 20.1 Å². The predicted octanol–water partition coefficient (Wildman–Crippen LogP) is 7.35. The molecule has 15 nitrogen and oxygen atoms in total. The van der Waals surface area contributed by atoms with E-state index in [1.165, 1.54) is 53.8 Å². The number of benzene rings is 2. The number of hydrogen-bond donors (Lipinski definition) is 0. The van der Waals surface area contributed by atoms with Gasteiger partial charge in [0.05, 0.1) is 19.8 Å². The molecule has 2 aromatic rings. The van der Waals surface area contributed by atoms with Gasteiger partial charge in [0.1, 0.15) is 56.6 Å². The van der Waals surface area contributed by atoms with Crippen molar-refractivity contribution in [3.63, 3.8) is 0 Å². The van der Waals surface area contributed by atoms with Gasteiger partial charge in [0, 0.05) is 30.9 Å². The lowest BCUT2D eigenvalue weighted by Gasteiger charge is -2.32. The standard InChI is InChI=1S/C49H65FO15/c1-8-9-10-12-35-14-16-36(17-15-35)37-18-20-40(41(50)28-37)38-19-21-42(39(27-38)13-11-22-59-43(51)33(2)3)62-29-49(30-63-44(52)34(4)5,31-64-47(55)45(53)60-25-23-57-6)32-65-48(56)46(54)61-26-24-58-7/h18-21,27-28,35-36H,2,4,8-17,22-26,29-32H2,1,3,5-7H3. The van der Waals surface area contributed by atoms with Crippen LogP contribution in [0, 0.1) is 17.2 Å². The number of methoxy groups -OCH3 is 2. The molecule has 1 saturated carbocycles. The van der Waals surface area contributed by atoms with Gasteiger partial charge >= 0.3 is 35.8 Å². The van der Waals surface area contributed by atoms with E-state index in [-0.39, 0.29) is 68.1 Å². The van der Waals surface area contributed by atoms with Gasteiger partial charge in [-0.1, -0.05) is 64.0 Å². The summed E-state index contributed by atoms with van der Waals surface area (Å²) in [5, 5.41) is 0. The summed E-state index contributed by atoms with van der Waals surface area (Å²) in [6.45, 7) is 9.16. The predicted molar refractivity (Wildman–Crippen MR) is 236 cm³/mol. The maximum absolute atomic E-state index is 16.1. The van der Waals surface area contributed by atoms with Crippen LogP contribution in [0.5, 0.6) is 5.75 Å². The first-order valence-corrected chi connectivity index (χ1v) is 22.0. The maximum atomic E-state index is 16.1. The summed E-state index contributed by atoms with van der Waals surface area (Å²) in [6, 6.07) is 10.4. The fourth-order valence-corrected chi connectivity index (χ4v) is 7.05. The molecule has 0 amide bonds. The third-order valence-electron chi connectivity index (χ3n) is 10.9. The van der Waals surface area contributed by atoms with Crippen LogP contribution < -0.4 is 4.74 Å². The van der Waals surface area contributed by atoms with Crippen LogP contribution in [-0.4, -0.2) is 109 Å². The number of halogens is 1. The summed E-state index contributed by atoms with van der Waals surface area (Å²) in [6.07, 6.45) is 9.82. The Kier molecular flexibility index (Phi) is 23.4. The molecule has 0 heterocycles. The van der Waals surface area contributed by atoms with Gasteiger partial charge in [-0.2, -0.15) is 0 Å². The summed E-state index contributed by atoms with van der Waals surface area (Å²) in [5.74, 6) is -6.14. The monoisotopic (exact) mass is 912 g/mol. The number of hydrogen-bond acceptors (Lipinski definition) is 15. The van der Waals surface area contributed by atoms with Crippen LogP contribution in [0.1, 0.15) is 95.6 Å². The minimum atomic E-state index is -1.78. The van der Waals surface area contributed by atoms with Gasteiger partial charge in [0.25, 0.3) is 0 Å². The van der Waals surface area contributed by atoms with E-state index in [1.54, 1.807) is 30.3 Å². The SMILES string of the molecule is C=C(C)C(=O)OCCCc1cc(-c2ccc(C3CCC(CCCCC)CC3)cc2F)ccc1OCC(COC(=O)C(=C)C)(COC(=O)C(=O)OCCOC)COC(=O)C(=O)OCCOC. The molecule has 1 aliphatic carbocycles. The lowest BCUT2D eigenvalue weighted by Crippen LogP contribution is -2.45. The van der Waals surface area contributed by atoms with E-state index in [4.69, 9.17) is 42.6 Å². The van der Waals surface area contributed by atoms with Crippen LogP contribution in [0.25, 0.3) is 11.1 Å². The van der Waals surface area contributed by atoms with E-state index in [0.29, 0.717) is 23.1 Å². The Balaban J connectivity index is 1.98. The molecular formula is C49H65FO15. The molecule has 2 aromatic carbocycles. The van der Waals surface area contributed by atoms with Crippen LogP contribution in [-0.2, 0) is 73.1 Å². The molecule has 0 bridgehead atoms. The van der Waals surface area contributed by atoms with Crippen molar-refractivity contribution in [3.05, 3.63) is 77.6 Å². The molecule has 0 radical (unpaired) electrons. The second-order valence-corrected chi connectivity index (χ2v) is 16.3. The fourth-order valence-electron chi connectivity index (χ4n) is 7.05. The zero-order valence-electron chi connectivity index (χ0n) is 38.5. The van der Waals surface area contributed by atoms with Gasteiger partial charge in [-0.05, 0) is 99.1 Å². The highest BCUT2D eigenvalue weighted by molar-refractivity contribution is 6.30. The van der Waals surface area contributed by atoms with Crippen LogP contribution in [0.15, 0.2) is 60.7 Å². The molecular weight excluding hydrogens is 848 g/mol. The van der Waals surface area contributed by atoms with Crippen LogP contribution in [0.3, 0.4) is 0 Å². The lowest BCUT2D eigenvalue weighted by atomic mass is 9.77. The molecule has 0 spiro atoms. The first-order chi connectivity index (χ1) is 31.1. The highest BCUT2D eigenvalue weighted by Gasteiger charge is 2.39. The summed E-state index contributed by atoms with van der Waals surface area (Å²) < 4.78 is 63.2. The number of ether oxygens (including phenoxy) is 9. The molecule has 1 fully saturated rings. The number of rotatable bonds is 27. The van der Waals surface area contributed by atoms with Gasteiger partial charge in [-0.25, -0.2) is 33.2 Å². The van der Waals surface area contributed by atoms with Crippen molar-refractivity contribution in [2.75, 3.05) is 73.7 Å². The summed E-state index contributed by atoms with van der Waals surface area (Å²) in [7, 11) is 2.74. The van der Waals surface area contributed by atoms with E-state index >= 15 is 4.39 Å². The quantitative estimate of drug-likeness (QED) is 0.0285. The summed E-state index contributed by atoms with van der Waals surface area (Å²) >= 11 is 0. The number of carbonyl (C=O) groups is 6. The number of unbranched alkanes of at least 4 members (excludes halogenated alkanes) is 2. The van der Waals surface area contributed by atoms with Crippen molar-refractivity contribution >= 4 is 35.8 Å². The third kappa shape index (κ3) is 18.4. The smallest absolute Gasteiger partial charge is 0.417 e. The largest absolute Gasteiger partial charge is 0.492 e. The maximum Gasteiger partial charge on any atom is 0.417 e. The highest BCUT2D eigenvalue weighted by Crippen LogP contribution is 2.39. The Labute approximate surface area is 381 Å². The van der Waals surface area contributed by atoms with Gasteiger partial charge in [0.2, 0.25) is 0 Å². The zero-order valence-corrected chi connectivity index (χ0v) is 38.5. The molecule has 0 aromatic heterocycles. The van der Waals surface area contributed by atoms with Crippen molar-refractivity contribution in [1.82, 2.24) is 0 Å². The van der Waals surface area contributed by atoms with E-state index in [9.17, 15) is 28.8 Å². The normalized spacial score (nSPS) is 14.7. The topological polar surface area (TPSA) is 185 Å². The van der Waals surface area contributed by atoms with Gasteiger partial charge in [-0.3, -0.25) is 0 Å². The van der Waals surface area contributed by atoms with E-state index in [0.717, 1.165) is 37.2 Å². The van der Waals surface area contributed by atoms with Gasteiger partial charge < -0.3 is 42.6 Å². The minimum absolute atomic E-state index is 0.000387. The van der Waals surface area contributed by atoms with Crippen molar-refractivity contribution in [2.24, 2.45) is 11.3 Å². The molecule has 65 heavy (non-hydrogen) atoms. The van der Waals surface area contributed by atoms with Crippen LogP contribution >= 0.6 is 0 Å². The van der Waals surface area contributed by atoms with Gasteiger partial charge in [-0.15, -0.1) is 0 Å². The Bertz CT molecular complexity index is 1900. The number of aryl methyl sites for hydroxylation is 1. The van der Waals surface area contributed by atoms with Crippen molar-refractivity contribution in [3.8, 4) is 16.9 Å². The minimum Gasteiger partial charge on any atom is -0.492 e. The van der Waals surface area contributed by atoms with Crippen molar-refractivity contribution in [2.45, 2.75) is 90.9 Å². The van der Waals surface area contributed by atoms with Crippen LogP contribution in [0.4, 0.5) is 4.39 Å². The molecule has 0 aliphatic heterocycles. The summed E-state index contributed by atoms with van der Waals surface area (Å²) in [5.41, 5.74) is 0.869. The Morgan fingerprint density at radius 2 is 1.17 bits per heavy atom. The van der Waals surface area contributed by atoms with E-state index in [1.807, 2.05) is 6.07 Å². The molecule has 1 aliphatic rings. The summed E-state index contributed by atoms with van der Waals surface area (Å²) in [4.78, 5) is 75.3. The Morgan fingerprint density at radius 1 is 0.631 bits per heavy atom. The second-order valence-electron chi connectivity index (χ2n) is 16.3. The molecule has 0 unspecified atom stereocenters. The second kappa shape index (κ2) is 28.3. The average molecular weight is 913 g/mol. The first-order valence-electron chi connectivity index (χ1n) is 22.0. The fraction of sp³-hybridized carbons (Fsp3) is 0.551. The average Bonchev–Trinajstić information content (AvgIpc) is 3.29. The molecule has 3 rings (SSSR count). The lowest BCUT2D eigenvalue weighted by molar-refractivity contribution is -0.179. The zero-order chi connectivity index (χ0) is 47.8. The van der Waals surface area contributed by atoms with E-state index < -0.39 is 67.7 Å². The molecule has 0 saturated heterocycles. The molecule has 16 heteroatoms. The number of carbonyl (C=O) groups excluding carboxylic acids is 6. The molecule has 358 valence electrons. The third-order valence-corrected chi connectivity index (χ3v) is 10.9. The van der Waals surface area contributed by atoms with Crippen molar-refractivity contribution < 1.29 is 75.8 Å². The highest BCUT2D eigenvalue weighted by atomic mass is 19.1. The Morgan fingerprint density at radius 3 is 1.71 bits per heavy atom. The van der Waals surface area contributed by atoms with Crippen molar-refractivity contribution in [1.29, 1.82) is 0 Å². The number of esters is 6. The Hall–Kier alpha value is -5.61. The molecule has 0 N–H and O–H groups in total. The first kappa shape index (κ1) is 53.7.